The number of carbonyl (C=O) groups excluding carboxylic acids is 1. The summed E-state index contributed by atoms with van der Waals surface area (Å²) >= 11 is 0. The van der Waals surface area contributed by atoms with E-state index in [1.807, 2.05) is 38.1 Å². The Kier molecular flexibility index (Phi) is 17.4. The number of aromatic nitrogens is 1. The van der Waals surface area contributed by atoms with Gasteiger partial charge in [-0.05, 0) is 55.9 Å². The molecule has 0 unspecified atom stereocenters. The van der Waals surface area contributed by atoms with Gasteiger partial charge in [0.2, 0.25) is 0 Å². The highest BCUT2D eigenvalue weighted by Gasteiger charge is 2.38. The van der Waals surface area contributed by atoms with Crippen LogP contribution in [-0.2, 0) is 22.6 Å². The van der Waals surface area contributed by atoms with Gasteiger partial charge in [0.05, 0.1) is 36.6 Å². The number of nitrogens with one attached hydrogen (secondary N) is 2. The van der Waals surface area contributed by atoms with Crippen LogP contribution in [0.15, 0.2) is 36.5 Å². The molecule has 0 aliphatic carbocycles. The zero-order valence-electron chi connectivity index (χ0n) is 28.5. The van der Waals surface area contributed by atoms with E-state index in [2.05, 4.69) is 42.5 Å². The maximum Gasteiger partial charge on any atom is 0.490 e. The van der Waals surface area contributed by atoms with Crippen molar-refractivity contribution in [1.29, 1.82) is 0 Å². The number of aliphatic hydroxyl groups is 1. The van der Waals surface area contributed by atoms with Gasteiger partial charge in [-0.15, -0.1) is 0 Å². The number of rotatable bonds is 14. The van der Waals surface area contributed by atoms with Gasteiger partial charge in [-0.2, -0.15) is 26.3 Å². The molecule has 18 heteroatoms. The van der Waals surface area contributed by atoms with Crippen molar-refractivity contribution in [3.63, 3.8) is 0 Å². The van der Waals surface area contributed by atoms with E-state index in [9.17, 15) is 36.2 Å². The third-order valence-corrected chi connectivity index (χ3v) is 6.73. The molecule has 3 rings (SSSR count). The number of nitrogens with zero attached hydrogens (tertiary/aromatic N) is 1. The van der Waals surface area contributed by atoms with Crippen molar-refractivity contribution in [3.8, 4) is 11.5 Å². The number of aliphatic carboxylic acids is 2. The molecule has 0 bridgehead atoms. The minimum absolute atomic E-state index is 0.0310. The number of carboxylic acid groups (broad SMARTS) is 2. The van der Waals surface area contributed by atoms with E-state index in [0.717, 1.165) is 29.7 Å². The van der Waals surface area contributed by atoms with Gasteiger partial charge in [-0.25, -0.2) is 9.59 Å². The first-order chi connectivity index (χ1) is 23.7. The summed E-state index contributed by atoms with van der Waals surface area (Å²) in [6, 6.07) is 9.77. The molecule has 1 aromatic heterocycles. The smallest absolute Gasteiger partial charge is 0.490 e. The van der Waals surface area contributed by atoms with Crippen molar-refractivity contribution in [2.45, 2.75) is 72.4 Å². The number of carbonyl (C=O) groups is 3. The minimum Gasteiger partial charge on any atom is -0.490 e. The molecule has 0 radical (unpaired) electrons. The number of benzene rings is 2. The molecule has 7 N–H and O–H groups in total. The molecule has 284 valence electrons. The van der Waals surface area contributed by atoms with Gasteiger partial charge in [0, 0.05) is 35.9 Å². The van der Waals surface area contributed by atoms with Crippen LogP contribution in [0.3, 0.4) is 0 Å². The Morgan fingerprint density at radius 3 is 1.88 bits per heavy atom. The average Bonchev–Trinajstić information content (AvgIpc) is 3.03. The van der Waals surface area contributed by atoms with Gasteiger partial charge in [-0.1, -0.05) is 32.9 Å². The van der Waals surface area contributed by atoms with Gasteiger partial charge in [0.1, 0.15) is 0 Å². The highest BCUT2D eigenvalue weighted by Crippen LogP contribution is 2.38. The standard InChI is InChI=1S/C29H40N4O4.2C2HF3O2/c1-6-21-19(15-31-20(17-34)12-18(4)5)10-9-11-24(21)33-28-22-13-26(36-7-2)27(37-8-3)14-25(22)32-16-23(28)29(30)35;2*3-2(4,5)1(6)7/h9-11,13-14,16,18,20,31,34H,6-8,12,15,17H2,1-5H3,(H2,30,35)(H,32,33);2*(H,6,7)/t20-;;/m0../s1. The number of anilines is 2. The molecule has 1 atom stereocenters. The molecule has 0 aliphatic heterocycles. The first-order valence-electron chi connectivity index (χ1n) is 15.6. The number of hydrogen-bond acceptors (Lipinski definition) is 9. The van der Waals surface area contributed by atoms with Gasteiger partial charge in [0.15, 0.2) is 11.5 Å². The second-order valence-electron chi connectivity index (χ2n) is 11.0. The number of primary amides is 1. The highest BCUT2D eigenvalue weighted by atomic mass is 19.4. The molecule has 0 saturated carbocycles. The number of amides is 1. The maximum atomic E-state index is 12.4. The van der Waals surface area contributed by atoms with E-state index in [4.69, 9.17) is 35.0 Å². The number of aliphatic hydroxyl groups excluding tert-OH is 1. The summed E-state index contributed by atoms with van der Waals surface area (Å²) in [5.74, 6) is -4.42. The lowest BCUT2D eigenvalue weighted by Crippen LogP contribution is -2.33. The number of halogens is 6. The molecular weight excluding hydrogens is 694 g/mol. The summed E-state index contributed by atoms with van der Waals surface area (Å²) in [6.07, 6.45) is -6.99. The van der Waals surface area contributed by atoms with Crippen LogP contribution in [0.5, 0.6) is 11.5 Å². The Morgan fingerprint density at radius 1 is 0.922 bits per heavy atom. The number of fused-ring (bicyclic) bond motifs is 1. The van der Waals surface area contributed by atoms with E-state index in [1.165, 1.54) is 6.20 Å². The zero-order valence-corrected chi connectivity index (χ0v) is 28.5. The van der Waals surface area contributed by atoms with Crippen LogP contribution >= 0.6 is 0 Å². The van der Waals surface area contributed by atoms with Crippen molar-refractivity contribution in [2.75, 3.05) is 25.1 Å². The second-order valence-corrected chi connectivity index (χ2v) is 11.0. The Morgan fingerprint density at radius 2 is 1.45 bits per heavy atom. The first-order valence-corrected chi connectivity index (χ1v) is 15.6. The monoisotopic (exact) mass is 736 g/mol. The molecular formula is C33H42F6N4O8. The molecule has 3 aromatic rings. The van der Waals surface area contributed by atoms with Gasteiger partial charge in [-0.3, -0.25) is 9.78 Å². The van der Waals surface area contributed by atoms with Crippen LogP contribution in [-0.4, -0.2) is 76.4 Å². The molecule has 51 heavy (non-hydrogen) atoms. The lowest BCUT2D eigenvalue weighted by atomic mass is 10.00. The topological polar surface area (TPSA) is 193 Å². The summed E-state index contributed by atoms with van der Waals surface area (Å²) < 4.78 is 75.1. The summed E-state index contributed by atoms with van der Waals surface area (Å²) in [4.78, 5) is 34.7. The Balaban J connectivity index is 0.000000780. The average molecular weight is 737 g/mol. The largest absolute Gasteiger partial charge is 0.490 e. The molecule has 12 nitrogen and oxygen atoms in total. The predicted octanol–water partition coefficient (Wildman–Crippen LogP) is 6.20. The highest BCUT2D eigenvalue weighted by molar-refractivity contribution is 6.08. The number of hydrogen-bond donors (Lipinski definition) is 6. The van der Waals surface area contributed by atoms with Crippen molar-refractivity contribution in [2.24, 2.45) is 11.7 Å². The van der Waals surface area contributed by atoms with Crippen LogP contribution in [0.2, 0.25) is 0 Å². The maximum absolute atomic E-state index is 12.4. The number of carboxylic acids is 2. The molecule has 0 aliphatic rings. The second kappa shape index (κ2) is 20.1. The number of ether oxygens (including phenoxy) is 2. The Bertz CT molecular complexity index is 1590. The van der Waals surface area contributed by atoms with E-state index in [-0.39, 0.29) is 12.6 Å². The normalized spacial score (nSPS) is 11.9. The van der Waals surface area contributed by atoms with Crippen LogP contribution in [0.25, 0.3) is 10.9 Å². The molecule has 1 amide bonds. The zero-order chi connectivity index (χ0) is 39.1. The molecule has 2 aromatic carbocycles. The molecule has 0 fully saturated rings. The molecule has 0 spiro atoms. The number of pyridine rings is 1. The Labute approximate surface area is 289 Å². The van der Waals surface area contributed by atoms with Crippen molar-refractivity contribution in [3.05, 3.63) is 53.2 Å². The van der Waals surface area contributed by atoms with Crippen molar-refractivity contribution < 1.29 is 65.5 Å². The van der Waals surface area contributed by atoms with Crippen LogP contribution in [0, 0.1) is 5.92 Å². The Hall–Kier alpha value is -4.84. The van der Waals surface area contributed by atoms with Crippen LogP contribution in [0.4, 0.5) is 37.7 Å². The molecule has 1 heterocycles. The summed E-state index contributed by atoms with van der Waals surface area (Å²) in [7, 11) is 0. The SMILES string of the molecule is CCOc1cc2ncc(C(N)=O)c(Nc3cccc(CN[C@H](CO)CC(C)C)c3CC)c2cc1OCC.O=C(O)C(F)(F)F.O=C(O)C(F)(F)F. The summed E-state index contributed by atoms with van der Waals surface area (Å²) in [5.41, 5.74) is 10.4. The van der Waals surface area contributed by atoms with Crippen LogP contribution < -0.4 is 25.8 Å². The fourth-order valence-electron chi connectivity index (χ4n) is 4.57. The van der Waals surface area contributed by atoms with E-state index >= 15 is 0 Å². The summed E-state index contributed by atoms with van der Waals surface area (Å²) in [5, 5.41) is 31.7. The predicted molar refractivity (Wildman–Crippen MR) is 176 cm³/mol. The fourth-order valence-corrected chi connectivity index (χ4v) is 4.57. The van der Waals surface area contributed by atoms with E-state index < -0.39 is 30.2 Å². The lowest BCUT2D eigenvalue weighted by molar-refractivity contribution is -0.193. The third-order valence-electron chi connectivity index (χ3n) is 6.73. The van der Waals surface area contributed by atoms with Gasteiger partial charge in [0.25, 0.3) is 5.91 Å². The fraction of sp³-hybridized carbons (Fsp3) is 0.455. The minimum atomic E-state index is -5.08. The molecule has 0 saturated heterocycles. The van der Waals surface area contributed by atoms with E-state index in [0.29, 0.717) is 59.3 Å². The van der Waals surface area contributed by atoms with Crippen LogP contribution in [0.1, 0.15) is 62.5 Å². The number of alkyl halides is 6. The van der Waals surface area contributed by atoms with E-state index in [1.54, 1.807) is 0 Å². The number of nitrogens with two attached hydrogens (primary N) is 1. The first kappa shape index (κ1) is 44.2. The summed E-state index contributed by atoms with van der Waals surface area (Å²) in [6.45, 7) is 11.9. The third kappa shape index (κ3) is 14.1. The van der Waals surface area contributed by atoms with Gasteiger partial charge < -0.3 is 41.2 Å². The van der Waals surface area contributed by atoms with Crippen molar-refractivity contribution in [1.82, 2.24) is 10.3 Å². The van der Waals surface area contributed by atoms with Gasteiger partial charge >= 0.3 is 24.3 Å². The van der Waals surface area contributed by atoms with Crippen molar-refractivity contribution >= 4 is 40.1 Å². The lowest BCUT2D eigenvalue weighted by Gasteiger charge is -2.22. The quantitative estimate of drug-likeness (QED) is 0.103.